The normalized spacial score (nSPS) is 16.1. The molecule has 0 heterocycles. The second kappa shape index (κ2) is 17.2. The fourth-order valence-corrected chi connectivity index (χ4v) is 9.24. The van der Waals surface area contributed by atoms with E-state index in [0.717, 1.165) is 6.42 Å². The first kappa shape index (κ1) is 47.7. The van der Waals surface area contributed by atoms with E-state index in [2.05, 4.69) is 213 Å². The van der Waals surface area contributed by atoms with Crippen molar-refractivity contribution in [3.8, 4) is 0 Å². The van der Waals surface area contributed by atoms with E-state index < -0.39 is 0 Å². The Labute approximate surface area is 378 Å². The quantitative estimate of drug-likeness (QED) is 0.155. The maximum absolute atomic E-state index is 3.16. The molecule has 0 bridgehead atoms. The summed E-state index contributed by atoms with van der Waals surface area (Å²) < 4.78 is 1.42. The third-order valence-electron chi connectivity index (χ3n) is 11.8. The van der Waals surface area contributed by atoms with Gasteiger partial charge in [0.1, 0.15) is 0 Å². The molecule has 0 unspecified atom stereocenters. The zero-order valence-corrected chi connectivity index (χ0v) is 41.7. The molecule has 0 nitrogen and oxygen atoms in total. The van der Waals surface area contributed by atoms with Gasteiger partial charge in [0.15, 0.2) is 0 Å². The van der Waals surface area contributed by atoms with Crippen molar-refractivity contribution in [2.45, 2.75) is 121 Å². The molecule has 3 aliphatic carbocycles. The number of halogens is 2. The molecule has 304 valence electrons. The maximum Gasteiger partial charge on any atom is -1.00 e. The molecular formula is C55H64Cl2Zr-2. The molecule has 0 saturated heterocycles. The van der Waals surface area contributed by atoms with E-state index in [4.69, 9.17) is 0 Å². The van der Waals surface area contributed by atoms with Crippen LogP contribution in [-0.4, -0.2) is 3.21 Å². The average molecular weight is 887 g/mol. The second-order valence-corrected chi connectivity index (χ2v) is 22.0. The second-order valence-electron chi connectivity index (χ2n) is 20.7. The standard InChI is InChI=1S/C31H37.C15H14.C9H13.2ClH.Zr/c1-28(2,3)26-16-30(7,8)24-12-18-11-19-13-25-23(15-21(19)20(18)14-22(24)26)27(29(4,5)6)17-31(25,9)10;1-12-3-7-14(8-4-12)11-15-9-5-13(2)6-10-15;1-9(2,3)8-6-4-5-7-8;;;/h11-17H,1-10H3;3-10H,1-2H3;6-7H,4H2,1-3H3;2*1H;/q-1;;-1;;;+2/p-2. The number of fused-ring (bicyclic) bond motifs is 5. The summed E-state index contributed by atoms with van der Waals surface area (Å²) in [4.78, 5) is 0. The smallest absolute Gasteiger partial charge is 1.00 e. The van der Waals surface area contributed by atoms with E-state index in [1.165, 1.54) is 110 Å². The molecule has 0 atom stereocenters. The fourth-order valence-electron chi connectivity index (χ4n) is 8.42. The maximum atomic E-state index is 3.16. The van der Waals surface area contributed by atoms with Crippen LogP contribution >= 0.6 is 0 Å². The third-order valence-corrected chi connectivity index (χ3v) is 13.2. The van der Waals surface area contributed by atoms with E-state index >= 15 is 0 Å². The monoisotopic (exact) mass is 884 g/mol. The largest absolute Gasteiger partial charge is 1.00 e. The van der Waals surface area contributed by atoms with Gasteiger partial charge in [0.05, 0.1) is 0 Å². The topological polar surface area (TPSA) is 0 Å². The van der Waals surface area contributed by atoms with Gasteiger partial charge in [0, 0.05) is 10.8 Å². The van der Waals surface area contributed by atoms with Crippen LogP contribution in [0.15, 0.2) is 109 Å². The number of hydrogen-bond acceptors (Lipinski definition) is 0. The van der Waals surface area contributed by atoms with Crippen LogP contribution in [0.2, 0.25) is 0 Å². The van der Waals surface area contributed by atoms with E-state index in [1.807, 2.05) is 0 Å². The van der Waals surface area contributed by atoms with Crippen LogP contribution in [0.1, 0.15) is 141 Å². The molecule has 0 aromatic heterocycles. The first-order valence-electron chi connectivity index (χ1n) is 20.6. The summed E-state index contributed by atoms with van der Waals surface area (Å²) in [5.74, 6) is 0. The van der Waals surface area contributed by atoms with Crippen molar-refractivity contribution in [1.29, 1.82) is 0 Å². The van der Waals surface area contributed by atoms with Gasteiger partial charge in [-0.3, -0.25) is 6.08 Å². The van der Waals surface area contributed by atoms with Crippen LogP contribution in [0.25, 0.3) is 32.7 Å². The molecule has 5 aromatic carbocycles. The summed E-state index contributed by atoms with van der Waals surface area (Å²) in [6.45, 7) is 34.4. The SMILES string of the molecule is CC(C)(C)C1=CC(C)(C)c2cc3[cH-]c4cc5c(cc4c3cc21)C(C(C)(C)C)=CC5(C)C.CC(C)(C)C1=CC[C-]=C1.Cc1ccc([C](=[Zr+2])c2ccc(C)cc2)cc1.[Cl-].[Cl-]. The summed E-state index contributed by atoms with van der Waals surface area (Å²) >= 11 is 1.46. The molecule has 0 spiro atoms. The number of allylic oxidation sites excluding steroid dienone is 8. The molecule has 58 heavy (non-hydrogen) atoms. The number of benzene rings is 4. The average Bonchev–Trinajstić information content (AvgIpc) is 3.87. The first-order chi connectivity index (χ1) is 25.9. The molecule has 5 aromatic rings. The predicted molar refractivity (Wildman–Crippen MR) is 243 cm³/mol. The third kappa shape index (κ3) is 9.97. The molecule has 0 aliphatic heterocycles. The van der Waals surface area contributed by atoms with Gasteiger partial charge >= 0.3 is 112 Å². The van der Waals surface area contributed by atoms with Gasteiger partial charge in [-0.1, -0.05) is 131 Å². The van der Waals surface area contributed by atoms with Gasteiger partial charge in [0.25, 0.3) is 0 Å². The molecule has 3 heteroatoms. The van der Waals surface area contributed by atoms with Crippen LogP contribution in [-0.2, 0) is 35.1 Å². The van der Waals surface area contributed by atoms with Crippen molar-refractivity contribution in [1.82, 2.24) is 0 Å². The van der Waals surface area contributed by atoms with Gasteiger partial charge in [-0.05, 0) is 33.1 Å². The molecule has 0 amide bonds. The summed E-state index contributed by atoms with van der Waals surface area (Å²) in [5.41, 5.74) is 16.3. The molecule has 0 N–H and O–H groups in total. The van der Waals surface area contributed by atoms with E-state index in [-0.39, 0.29) is 46.5 Å². The number of hydrogen-bond donors (Lipinski definition) is 0. The Morgan fingerprint density at radius 1 is 0.586 bits per heavy atom. The number of aryl methyl sites for hydroxylation is 2. The van der Waals surface area contributed by atoms with Crippen molar-refractivity contribution in [3.05, 3.63) is 159 Å². The first-order valence-corrected chi connectivity index (χ1v) is 21.8. The predicted octanol–water partition coefficient (Wildman–Crippen LogP) is 9.30. The Hall–Kier alpha value is -2.96. The van der Waals surface area contributed by atoms with Crippen LogP contribution in [0.3, 0.4) is 0 Å². The molecule has 8 rings (SSSR count). The summed E-state index contributed by atoms with van der Waals surface area (Å²) in [6.07, 6.45) is 13.5. The minimum absolute atomic E-state index is 0. The number of rotatable bonds is 2. The van der Waals surface area contributed by atoms with Gasteiger partial charge in [-0.2, -0.15) is 11.6 Å². The van der Waals surface area contributed by atoms with Gasteiger partial charge in [-0.15, -0.1) is 46.2 Å². The molecule has 0 saturated carbocycles. The van der Waals surface area contributed by atoms with Crippen LogP contribution < -0.4 is 24.8 Å². The molecule has 0 radical (unpaired) electrons. The van der Waals surface area contributed by atoms with Crippen LogP contribution in [0.4, 0.5) is 0 Å². The van der Waals surface area contributed by atoms with Gasteiger partial charge in [-0.25, -0.2) is 6.08 Å². The minimum atomic E-state index is 0. The Morgan fingerprint density at radius 2 is 0.966 bits per heavy atom. The zero-order valence-electron chi connectivity index (χ0n) is 37.8. The Kier molecular flexibility index (Phi) is 14.1. The van der Waals surface area contributed by atoms with E-state index in [1.54, 1.807) is 0 Å². The van der Waals surface area contributed by atoms with Crippen LogP contribution in [0, 0.1) is 36.2 Å². The zero-order chi connectivity index (χ0) is 41.2. The molecule has 0 fully saturated rings. The van der Waals surface area contributed by atoms with E-state index in [9.17, 15) is 0 Å². The summed E-state index contributed by atoms with van der Waals surface area (Å²) in [7, 11) is 0. The van der Waals surface area contributed by atoms with Crippen LogP contribution in [0.5, 0.6) is 0 Å². The summed E-state index contributed by atoms with van der Waals surface area (Å²) in [6, 6.07) is 29.9. The van der Waals surface area contributed by atoms with Crippen molar-refractivity contribution in [3.63, 3.8) is 0 Å². The minimum Gasteiger partial charge on any atom is -1.00 e. The van der Waals surface area contributed by atoms with Crippen molar-refractivity contribution in [2.75, 3.05) is 0 Å². The Morgan fingerprint density at radius 3 is 1.26 bits per heavy atom. The Balaban J connectivity index is 0.000000230. The Bertz CT molecular complexity index is 2280. The molecular weight excluding hydrogens is 823 g/mol. The van der Waals surface area contributed by atoms with Crippen molar-refractivity contribution >= 4 is 35.9 Å². The van der Waals surface area contributed by atoms with Crippen molar-refractivity contribution < 1.29 is 49.0 Å². The van der Waals surface area contributed by atoms with E-state index in [0.29, 0.717) is 5.41 Å². The van der Waals surface area contributed by atoms with Gasteiger partial charge in [0.2, 0.25) is 0 Å². The summed E-state index contributed by atoms with van der Waals surface area (Å²) in [5, 5.41) is 5.58. The van der Waals surface area contributed by atoms with Gasteiger partial charge < -0.3 is 24.8 Å². The van der Waals surface area contributed by atoms with Crippen molar-refractivity contribution in [2.24, 2.45) is 16.2 Å². The fraction of sp³-hybridized carbons (Fsp3) is 0.382. The molecule has 3 aliphatic rings.